The molecule has 1 aromatic rings. The second-order valence-electron chi connectivity index (χ2n) is 2.25. The molecule has 5 heteroatoms. The molecule has 62 valence electrons. The number of hydrogen-bond acceptors (Lipinski definition) is 4. The summed E-state index contributed by atoms with van der Waals surface area (Å²) in [7, 11) is 3.41. The topological polar surface area (TPSA) is 66.0 Å². The molecule has 0 aromatic carbocycles. The molecule has 0 aliphatic carbocycles. The molecule has 0 bridgehead atoms. The number of anilines is 1. The van der Waals surface area contributed by atoms with Crippen LogP contribution in [0.3, 0.4) is 0 Å². The highest BCUT2D eigenvalue weighted by molar-refractivity contribution is 5.15. The number of aromatic nitrogens is 3. The van der Waals surface area contributed by atoms with Gasteiger partial charge in [-0.25, -0.2) is 4.68 Å². The van der Waals surface area contributed by atoms with Crippen LogP contribution in [0.4, 0.5) is 5.95 Å². The molecule has 0 fully saturated rings. The zero-order valence-electron chi connectivity index (χ0n) is 6.74. The fourth-order valence-corrected chi connectivity index (χ4v) is 0.751. The van der Waals surface area contributed by atoms with Crippen molar-refractivity contribution in [2.75, 3.05) is 19.5 Å². The number of methoxy groups -OCH3 is 1. The summed E-state index contributed by atoms with van der Waals surface area (Å²) in [4.78, 5) is 4.00. The lowest BCUT2D eigenvalue weighted by Crippen LogP contribution is -1.98. The van der Waals surface area contributed by atoms with Gasteiger partial charge in [0.2, 0.25) is 5.95 Å². The van der Waals surface area contributed by atoms with E-state index < -0.39 is 0 Å². The van der Waals surface area contributed by atoms with Crippen molar-refractivity contribution < 1.29 is 4.74 Å². The Morgan fingerprint density at radius 1 is 1.64 bits per heavy atom. The Balaban J connectivity index is 2.58. The molecule has 0 atom stereocenters. The first-order chi connectivity index (χ1) is 5.24. The van der Waals surface area contributed by atoms with Gasteiger partial charge in [-0.15, -0.1) is 0 Å². The standard InChI is InChI=1S/C6H12N4O/c1-10-6(7)8-5(9-10)3-4-11-2/h3-4H2,1-2H3,(H2,7,8,9). The number of nitrogen functional groups attached to an aromatic ring is 1. The van der Waals surface area contributed by atoms with Gasteiger partial charge in [-0.1, -0.05) is 0 Å². The fraction of sp³-hybridized carbons (Fsp3) is 0.667. The van der Waals surface area contributed by atoms with Crippen molar-refractivity contribution >= 4 is 5.95 Å². The third kappa shape index (κ3) is 1.91. The molecule has 0 aliphatic heterocycles. The first-order valence-electron chi connectivity index (χ1n) is 3.38. The monoisotopic (exact) mass is 156 g/mol. The summed E-state index contributed by atoms with van der Waals surface area (Å²) in [6, 6.07) is 0. The SMILES string of the molecule is COCCc1nc(N)n(C)n1. The highest BCUT2D eigenvalue weighted by Crippen LogP contribution is 1.97. The van der Waals surface area contributed by atoms with E-state index in [0.717, 1.165) is 5.82 Å². The van der Waals surface area contributed by atoms with Crippen LogP contribution in [0.5, 0.6) is 0 Å². The summed E-state index contributed by atoms with van der Waals surface area (Å²) in [5.41, 5.74) is 5.46. The molecule has 11 heavy (non-hydrogen) atoms. The minimum atomic E-state index is 0.441. The van der Waals surface area contributed by atoms with E-state index in [2.05, 4.69) is 10.1 Å². The van der Waals surface area contributed by atoms with Crippen LogP contribution in [0.2, 0.25) is 0 Å². The average Bonchev–Trinajstić information content (AvgIpc) is 2.28. The highest BCUT2D eigenvalue weighted by Gasteiger charge is 2.01. The van der Waals surface area contributed by atoms with Crippen molar-refractivity contribution in [1.82, 2.24) is 14.8 Å². The van der Waals surface area contributed by atoms with Crippen LogP contribution in [0.1, 0.15) is 5.82 Å². The van der Waals surface area contributed by atoms with Crippen LogP contribution in [-0.4, -0.2) is 28.5 Å². The first-order valence-corrected chi connectivity index (χ1v) is 3.38. The predicted octanol–water partition coefficient (Wildman–Crippen LogP) is -0.414. The minimum absolute atomic E-state index is 0.441. The third-order valence-corrected chi connectivity index (χ3v) is 1.37. The summed E-state index contributed by atoms with van der Waals surface area (Å²) in [6.45, 7) is 0.628. The zero-order valence-corrected chi connectivity index (χ0v) is 6.74. The van der Waals surface area contributed by atoms with Gasteiger partial charge in [-0.3, -0.25) is 0 Å². The number of hydrogen-bond donors (Lipinski definition) is 1. The molecule has 0 saturated heterocycles. The Morgan fingerprint density at radius 3 is 2.82 bits per heavy atom. The highest BCUT2D eigenvalue weighted by atomic mass is 16.5. The first kappa shape index (κ1) is 8.00. The van der Waals surface area contributed by atoms with E-state index in [4.69, 9.17) is 10.5 Å². The molecule has 0 unspecified atom stereocenters. The van der Waals surface area contributed by atoms with E-state index in [1.165, 1.54) is 0 Å². The number of ether oxygens (including phenoxy) is 1. The summed E-state index contributed by atoms with van der Waals surface area (Å²) in [6.07, 6.45) is 0.710. The second-order valence-corrected chi connectivity index (χ2v) is 2.25. The Kier molecular flexibility index (Phi) is 2.43. The number of nitrogens with zero attached hydrogens (tertiary/aromatic N) is 3. The maximum Gasteiger partial charge on any atom is 0.218 e. The maximum absolute atomic E-state index is 5.46. The Morgan fingerprint density at radius 2 is 2.36 bits per heavy atom. The van der Waals surface area contributed by atoms with Gasteiger partial charge in [0.1, 0.15) is 0 Å². The van der Waals surface area contributed by atoms with Crippen LogP contribution in [0.25, 0.3) is 0 Å². The molecule has 0 spiro atoms. The molecular formula is C6H12N4O. The quantitative estimate of drug-likeness (QED) is 0.645. The van der Waals surface area contributed by atoms with Crippen molar-refractivity contribution in [2.45, 2.75) is 6.42 Å². The average molecular weight is 156 g/mol. The van der Waals surface area contributed by atoms with Crippen molar-refractivity contribution in [2.24, 2.45) is 7.05 Å². The van der Waals surface area contributed by atoms with Gasteiger partial charge in [0.25, 0.3) is 0 Å². The number of rotatable bonds is 3. The van der Waals surface area contributed by atoms with E-state index in [0.29, 0.717) is 19.0 Å². The van der Waals surface area contributed by atoms with Crippen LogP contribution in [0.15, 0.2) is 0 Å². The van der Waals surface area contributed by atoms with E-state index in [9.17, 15) is 0 Å². The van der Waals surface area contributed by atoms with E-state index in [-0.39, 0.29) is 0 Å². The smallest absolute Gasteiger partial charge is 0.218 e. The molecule has 0 aliphatic rings. The van der Waals surface area contributed by atoms with Crippen LogP contribution in [0, 0.1) is 0 Å². The Bertz CT molecular complexity index is 213. The number of nitrogens with two attached hydrogens (primary N) is 1. The van der Waals surface area contributed by atoms with E-state index >= 15 is 0 Å². The van der Waals surface area contributed by atoms with Gasteiger partial charge < -0.3 is 10.5 Å². The van der Waals surface area contributed by atoms with Gasteiger partial charge in [0, 0.05) is 20.6 Å². The molecular weight excluding hydrogens is 144 g/mol. The van der Waals surface area contributed by atoms with Gasteiger partial charge in [-0.05, 0) is 0 Å². The summed E-state index contributed by atoms with van der Waals surface area (Å²) in [5, 5.41) is 4.05. The third-order valence-electron chi connectivity index (χ3n) is 1.37. The van der Waals surface area contributed by atoms with Crippen molar-refractivity contribution in [3.8, 4) is 0 Å². The predicted molar refractivity (Wildman–Crippen MR) is 41.0 cm³/mol. The van der Waals surface area contributed by atoms with Crippen molar-refractivity contribution in [3.05, 3.63) is 5.82 Å². The molecule has 1 heterocycles. The number of aryl methyl sites for hydroxylation is 1. The molecule has 1 rings (SSSR count). The summed E-state index contributed by atoms with van der Waals surface area (Å²) in [5.74, 6) is 1.17. The summed E-state index contributed by atoms with van der Waals surface area (Å²) >= 11 is 0. The summed E-state index contributed by atoms with van der Waals surface area (Å²) < 4.78 is 6.41. The molecule has 2 N–H and O–H groups in total. The van der Waals surface area contributed by atoms with Crippen LogP contribution >= 0.6 is 0 Å². The second kappa shape index (κ2) is 3.34. The Hall–Kier alpha value is -1.10. The molecule has 1 aromatic heterocycles. The van der Waals surface area contributed by atoms with Gasteiger partial charge >= 0.3 is 0 Å². The van der Waals surface area contributed by atoms with Crippen molar-refractivity contribution in [1.29, 1.82) is 0 Å². The lowest BCUT2D eigenvalue weighted by atomic mass is 10.4. The van der Waals surface area contributed by atoms with E-state index in [1.807, 2.05) is 0 Å². The van der Waals surface area contributed by atoms with Crippen LogP contribution < -0.4 is 5.73 Å². The van der Waals surface area contributed by atoms with Gasteiger partial charge in [0.15, 0.2) is 5.82 Å². The fourth-order valence-electron chi connectivity index (χ4n) is 0.751. The Labute approximate surface area is 65.2 Å². The minimum Gasteiger partial charge on any atom is -0.384 e. The molecule has 0 radical (unpaired) electrons. The molecule has 0 amide bonds. The maximum atomic E-state index is 5.46. The molecule has 5 nitrogen and oxygen atoms in total. The van der Waals surface area contributed by atoms with Gasteiger partial charge in [-0.2, -0.15) is 10.1 Å². The normalized spacial score (nSPS) is 10.4. The van der Waals surface area contributed by atoms with Crippen LogP contribution in [-0.2, 0) is 18.2 Å². The largest absolute Gasteiger partial charge is 0.384 e. The molecule has 0 saturated carbocycles. The van der Waals surface area contributed by atoms with Gasteiger partial charge in [0.05, 0.1) is 6.61 Å². The lowest BCUT2D eigenvalue weighted by molar-refractivity contribution is 0.200. The van der Waals surface area contributed by atoms with Crippen molar-refractivity contribution in [3.63, 3.8) is 0 Å². The lowest BCUT2D eigenvalue weighted by Gasteiger charge is -1.91. The van der Waals surface area contributed by atoms with E-state index in [1.54, 1.807) is 18.8 Å². The zero-order chi connectivity index (χ0) is 8.27.